The molecule has 2 aromatic rings. The van der Waals surface area contributed by atoms with E-state index in [4.69, 9.17) is 9.47 Å². The summed E-state index contributed by atoms with van der Waals surface area (Å²) < 4.78 is 38.7. The van der Waals surface area contributed by atoms with Crippen molar-refractivity contribution in [3.05, 3.63) is 53.6 Å². The average molecular weight is 378 g/mol. The van der Waals surface area contributed by atoms with Gasteiger partial charge in [-0.2, -0.15) is 0 Å². The van der Waals surface area contributed by atoms with Gasteiger partial charge in [-0.1, -0.05) is 18.2 Å². The molecule has 0 spiro atoms. The number of rotatable bonds is 8. The molecule has 0 aliphatic carbocycles. The highest BCUT2D eigenvalue weighted by Gasteiger charge is 2.23. The van der Waals surface area contributed by atoms with Gasteiger partial charge >= 0.3 is 0 Å². The van der Waals surface area contributed by atoms with Gasteiger partial charge in [0.25, 0.3) is 0 Å². The van der Waals surface area contributed by atoms with Crippen molar-refractivity contribution in [2.75, 3.05) is 34.9 Å². The van der Waals surface area contributed by atoms with Crippen molar-refractivity contribution >= 4 is 10.0 Å². The van der Waals surface area contributed by atoms with Gasteiger partial charge in [-0.3, -0.25) is 0 Å². The Bertz CT molecular complexity index is 833. The van der Waals surface area contributed by atoms with Crippen LogP contribution in [-0.4, -0.2) is 48.2 Å². The molecule has 2 rings (SSSR count). The minimum Gasteiger partial charge on any atom is -0.497 e. The van der Waals surface area contributed by atoms with Crippen molar-refractivity contribution in [3.8, 4) is 11.5 Å². The maximum atomic E-state index is 12.8. The lowest BCUT2D eigenvalue weighted by Gasteiger charge is -2.25. The summed E-state index contributed by atoms with van der Waals surface area (Å²) in [5, 5.41) is 0. The van der Waals surface area contributed by atoms with E-state index in [0.717, 1.165) is 16.9 Å². The van der Waals surface area contributed by atoms with Crippen LogP contribution < -0.4 is 14.2 Å². The molecule has 1 unspecified atom stereocenters. The van der Waals surface area contributed by atoms with Crippen molar-refractivity contribution in [1.29, 1.82) is 0 Å². The molecule has 0 aliphatic heterocycles. The summed E-state index contributed by atoms with van der Waals surface area (Å²) in [4.78, 5) is 2.12. The zero-order valence-electron chi connectivity index (χ0n) is 15.8. The number of methoxy groups -OCH3 is 2. The number of hydrogen-bond acceptors (Lipinski definition) is 5. The Morgan fingerprint density at radius 1 is 1.04 bits per heavy atom. The number of ether oxygens (including phenoxy) is 2. The van der Waals surface area contributed by atoms with Crippen molar-refractivity contribution in [2.24, 2.45) is 0 Å². The fourth-order valence-corrected chi connectivity index (χ4v) is 3.98. The van der Waals surface area contributed by atoms with Gasteiger partial charge in [0.05, 0.1) is 14.2 Å². The molecule has 0 saturated heterocycles. The molecule has 1 N–H and O–H groups in total. The molecule has 0 fully saturated rings. The molecule has 0 aromatic heterocycles. The lowest BCUT2D eigenvalue weighted by molar-refractivity contribution is 0.299. The summed E-state index contributed by atoms with van der Waals surface area (Å²) in [5.74, 6) is 1.09. The SMILES string of the molecule is COc1ccc(C(CNS(=O)(=O)c2cc(C)ccc2OC)N(C)C)cc1. The zero-order valence-corrected chi connectivity index (χ0v) is 16.6. The molecule has 26 heavy (non-hydrogen) atoms. The monoisotopic (exact) mass is 378 g/mol. The second-order valence-corrected chi connectivity index (χ2v) is 7.99. The van der Waals surface area contributed by atoms with E-state index in [0.29, 0.717) is 5.75 Å². The van der Waals surface area contributed by atoms with Crippen molar-refractivity contribution in [1.82, 2.24) is 9.62 Å². The van der Waals surface area contributed by atoms with E-state index < -0.39 is 10.0 Å². The second-order valence-electron chi connectivity index (χ2n) is 6.26. The summed E-state index contributed by atoms with van der Waals surface area (Å²) in [6.07, 6.45) is 0. The van der Waals surface area contributed by atoms with Gasteiger partial charge in [0, 0.05) is 12.6 Å². The van der Waals surface area contributed by atoms with Crippen LogP contribution >= 0.6 is 0 Å². The largest absolute Gasteiger partial charge is 0.497 e. The molecule has 0 heterocycles. The number of likely N-dealkylation sites (N-methyl/N-ethyl adjacent to an activating group) is 1. The Morgan fingerprint density at radius 3 is 2.23 bits per heavy atom. The van der Waals surface area contributed by atoms with Crippen molar-refractivity contribution < 1.29 is 17.9 Å². The Kier molecular flexibility index (Phi) is 6.63. The lowest BCUT2D eigenvalue weighted by Crippen LogP contribution is -2.34. The molecule has 0 saturated carbocycles. The highest BCUT2D eigenvalue weighted by molar-refractivity contribution is 7.89. The zero-order chi connectivity index (χ0) is 19.3. The number of aryl methyl sites for hydroxylation is 1. The minimum atomic E-state index is -3.70. The fourth-order valence-electron chi connectivity index (χ4n) is 2.68. The van der Waals surface area contributed by atoms with Crippen LogP contribution in [0.3, 0.4) is 0 Å². The number of sulfonamides is 1. The van der Waals surface area contributed by atoms with E-state index in [1.54, 1.807) is 19.2 Å². The fraction of sp³-hybridized carbons (Fsp3) is 0.368. The summed E-state index contributed by atoms with van der Waals surface area (Å²) >= 11 is 0. The van der Waals surface area contributed by atoms with E-state index in [2.05, 4.69) is 4.72 Å². The molecule has 0 bridgehead atoms. The minimum absolute atomic E-state index is 0.119. The summed E-state index contributed by atoms with van der Waals surface area (Å²) in [6, 6.07) is 12.6. The van der Waals surface area contributed by atoms with Crippen molar-refractivity contribution in [2.45, 2.75) is 17.9 Å². The quantitative estimate of drug-likeness (QED) is 0.765. The molecule has 142 valence electrons. The average Bonchev–Trinajstić information content (AvgIpc) is 2.62. The topological polar surface area (TPSA) is 67.9 Å². The van der Waals surface area contributed by atoms with Gasteiger partial charge in [-0.25, -0.2) is 13.1 Å². The molecule has 6 nitrogen and oxygen atoms in total. The number of nitrogens with zero attached hydrogens (tertiary/aromatic N) is 1. The van der Waals surface area contributed by atoms with Crippen LogP contribution in [0.25, 0.3) is 0 Å². The second kappa shape index (κ2) is 8.53. The molecule has 7 heteroatoms. The Morgan fingerprint density at radius 2 is 1.69 bits per heavy atom. The van der Waals surface area contributed by atoms with Crippen LogP contribution in [0.5, 0.6) is 11.5 Å². The summed E-state index contributed by atoms with van der Waals surface area (Å²) in [6.45, 7) is 2.08. The van der Waals surface area contributed by atoms with E-state index in [1.807, 2.05) is 56.3 Å². The molecule has 0 radical (unpaired) electrons. The predicted octanol–water partition coefficient (Wildman–Crippen LogP) is 2.59. The van der Waals surface area contributed by atoms with Crippen LogP contribution in [0, 0.1) is 6.92 Å². The van der Waals surface area contributed by atoms with E-state index in [1.165, 1.54) is 7.11 Å². The maximum Gasteiger partial charge on any atom is 0.244 e. The first-order valence-electron chi connectivity index (χ1n) is 8.23. The maximum absolute atomic E-state index is 12.8. The van der Waals surface area contributed by atoms with Crippen LogP contribution in [0.1, 0.15) is 17.2 Å². The third-order valence-corrected chi connectivity index (χ3v) is 5.64. The lowest BCUT2D eigenvalue weighted by atomic mass is 10.1. The van der Waals surface area contributed by atoms with Crippen molar-refractivity contribution in [3.63, 3.8) is 0 Å². The standard InChI is InChI=1S/C19H26N2O4S/c1-14-6-11-18(25-5)19(12-14)26(22,23)20-13-17(21(2)3)15-7-9-16(24-4)10-8-15/h6-12,17,20H,13H2,1-5H3. The first-order valence-corrected chi connectivity index (χ1v) is 9.71. The van der Waals surface area contributed by atoms with Crippen LogP contribution in [-0.2, 0) is 10.0 Å². The van der Waals surface area contributed by atoms with E-state index >= 15 is 0 Å². The smallest absolute Gasteiger partial charge is 0.244 e. The third kappa shape index (κ3) is 4.75. The van der Waals surface area contributed by atoms with E-state index in [9.17, 15) is 8.42 Å². The summed E-state index contributed by atoms with van der Waals surface area (Å²) in [7, 11) is 3.20. The van der Waals surface area contributed by atoms with Gasteiger partial charge in [0.1, 0.15) is 16.4 Å². The normalized spacial score (nSPS) is 12.8. The first kappa shape index (κ1) is 20.2. The Balaban J connectivity index is 2.23. The Labute approximate surface area is 155 Å². The Hall–Kier alpha value is -2.09. The molecular formula is C19H26N2O4S. The number of benzene rings is 2. The molecular weight excluding hydrogens is 352 g/mol. The van der Waals surface area contributed by atoms with Crippen LogP contribution in [0.4, 0.5) is 0 Å². The van der Waals surface area contributed by atoms with Gasteiger partial charge in [-0.05, 0) is 56.4 Å². The van der Waals surface area contributed by atoms with Gasteiger partial charge < -0.3 is 14.4 Å². The molecule has 0 aliphatic rings. The third-order valence-electron chi connectivity index (χ3n) is 4.20. The molecule has 2 aromatic carbocycles. The van der Waals surface area contributed by atoms with Crippen LogP contribution in [0.2, 0.25) is 0 Å². The highest BCUT2D eigenvalue weighted by Crippen LogP contribution is 2.26. The van der Waals surface area contributed by atoms with Gasteiger partial charge in [0.15, 0.2) is 0 Å². The molecule has 1 atom stereocenters. The summed E-state index contributed by atoms with van der Waals surface area (Å²) in [5.41, 5.74) is 1.85. The van der Waals surface area contributed by atoms with Gasteiger partial charge in [-0.15, -0.1) is 0 Å². The predicted molar refractivity (Wildman–Crippen MR) is 102 cm³/mol. The number of nitrogens with one attached hydrogen (secondary N) is 1. The number of hydrogen-bond donors (Lipinski definition) is 1. The first-order chi connectivity index (χ1) is 12.3. The van der Waals surface area contributed by atoms with Gasteiger partial charge in [0.2, 0.25) is 10.0 Å². The van der Waals surface area contributed by atoms with E-state index in [-0.39, 0.29) is 17.5 Å². The highest BCUT2D eigenvalue weighted by atomic mass is 32.2. The molecule has 0 amide bonds. The van der Waals surface area contributed by atoms with Crippen LogP contribution in [0.15, 0.2) is 47.4 Å².